The molecule has 1 aliphatic heterocycles. The predicted molar refractivity (Wildman–Crippen MR) is 68.7 cm³/mol. The summed E-state index contributed by atoms with van der Waals surface area (Å²) in [6.07, 6.45) is 1.61. The van der Waals surface area contributed by atoms with Gasteiger partial charge in [-0.2, -0.15) is 0 Å². The van der Waals surface area contributed by atoms with Crippen molar-refractivity contribution in [2.45, 2.75) is 31.9 Å². The summed E-state index contributed by atoms with van der Waals surface area (Å²) in [6, 6.07) is -0.771. The second-order valence-electron chi connectivity index (χ2n) is 5.10. The van der Waals surface area contributed by atoms with Gasteiger partial charge in [0.05, 0.1) is 17.9 Å². The third-order valence-electron chi connectivity index (χ3n) is 3.34. The minimum absolute atomic E-state index is 0.0758. The lowest BCUT2D eigenvalue weighted by molar-refractivity contribution is -0.131. The molecule has 3 N–H and O–H groups in total. The van der Waals surface area contributed by atoms with Gasteiger partial charge in [-0.1, -0.05) is 0 Å². The Morgan fingerprint density at radius 3 is 2.61 bits per heavy atom. The number of likely N-dealkylation sites (tertiary alicyclic amines) is 1. The summed E-state index contributed by atoms with van der Waals surface area (Å²) in [4.78, 5) is 13.6. The number of sulfone groups is 1. The van der Waals surface area contributed by atoms with Gasteiger partial charge in [0.15, 0.2) is 0 Å². The fourth-order valence-electron chi connectivity index (χ4n) is 2.08. The molecule has 106 valence electrons. The van der Waals surface area contributed by atoms with Gasteiger partial charge in [0.1, 0.15) is 9.84 Å². The summed E-state index contributed by atoms with van der Waals surface area (Å²) in [5.41, 5.74) is 5.71. The predicted octanol–water partition coefficient (Wildman–Crippen LogP) is -1.02. The summed E-state index contributed by atoms with van der Waals surface area (Å²) in [6.45, 7) is 2.80. The Labute approximate surface area is 108 Å². The number of aliphatic hydroxyl groups is 1. The number of nitrogens with zero attached hydrogens (tertiary/aromatic N) is 1. The first-order valence-electron chi connectivity index (χ1n) is 6.11. The van der Waals surface area contributed by atoms with Gasteiger partial charge in [0.2, 0.25) is 5.91 Å². The van der Waals surface area contributed by atoms with Gasteiger partial charge in [-0.25, -0.2) is 8.42 Å². The van der Waals surface area contributed by atoms with E-state index in [9.17, 15) is 18.3 Å². The maximum absolute atomic E-state index is 12.0. The van der Waals surface area contributed by atoms with Crippen LogP contribution in [0.25, 0.3) is 0 Å². The van der Waals surface area contributed by atoms with Gasteiger partial charge < -0.3 is 15.7 Å². The Morgan fingerprint density at radius 2 is 2.17 bits per heavy atom. The smallest absolute Gasteiger partial charge is 0.239 e. The molecule has 3 unspecified atom stereocenters. The molecular weight excluding hydrogens is 256 g/mol. The molecule has 0 aromatic carbocycles. The largest absolute Gasteiger partial charge is 0.393 e. The van der Waals surface area contributed by atoms with Crippen molar-refractivity contribution in [3.8, 4) is 0 Å². The molecule has 0 spiro atoms. The van der Waals surface area contributed by atoms with Crippen molar-refractivity contribution in [2.75, 3.05) is 25.1 Å². The second kappa shape index (κ2) is 5.99. The van der Waals surface area contributed by atoms with Crippen molar-refractivity contribution in [3.63, 3.8) is 0 Å². The van der Waals surface area contributed by atoms with Crippen molar-refractivity contribution in [2.24, 2.45) is 11.7 Å². The molecule has 1 rings (SSSR count). The van der Waals surface area contributed by atoms with Crippen molar-refractivity contribution < 1.29 is 18.3 Å². The summed E-state index contributed by atoms with van der Waals surface area (Å²) in [7, 11) is -3.09. The number of carbonyl (C=O) groups is 1. The molecule has 1 amide bonds. The van der Waals surface area contributed by atoms with Crippen LogP contribution in [0, 0.1) is 5.92 Å². The fraction of sp³-hybridized carbons (Fsp3) is 0.909. The fourth-order valence-corrected chi connectivity index (χ4v) is 2.76. The number of carbonyl (C=O) groups excluding carboxylic acids is 1. The van der Waals surface area contributed by atoms with Gasteiger partial charge in [-0.15, -0.1) is 0 Å². The van der Waals surface area contributed by atoms with E-state index in [4.69, 9.17) is 5.73 Å². The lowest BCUT2D eigenvalue weighted by Gasteiger charge is -2.21. The molecule has 0 saturated carbocycles. The van der Waals surface area contributed by atoms with Crippen LogP contribution in [0.3, 0.4) is 0 Å². The number of amides is 1. The minimum atomic E-state index is -3.09. The second-order valence-corrected chi connectivity index (χ2v) is 7.36. The molecule has 1 aliphatic rings. The topological polar surface area (TPSA) is 101 Å². The Balaban J connectivity index is 2.45. The summed E-state index contributed by atoms with van der Waals surface area (Å²) in [5, 5.41) is 9.45. The van der Waals surface area contributed by atoms with Crippen LogP contribution >= 0.6 is 0 Å². The van der Waals surface area contributed by atoms with E-state index in [2.05, 4.69) is 0 Å². The first-order valence-corrected chi connectivity index (χ1v) is 8.17. The molecule has 1 heterocycles. The molecule has 3 atom stereocenters. The van der Waals surface area contributed by atoms with Crippen LogP contribution in [0.4, 0.5) is 0 Å². The van der Waals surface area contributed by atoms with Crippen LogP contribution in [0.2, 0.25) is 0 Å². The van der Waals surface area contributed by atoms with Crippen molar-refractivity contribution in [1.29, 1.82) is 0 Å². The highest BCUT2D eigenvalue weighted by Gasteiger charge is 2.31. The monoisotopic (exact) mass is 278 g/mol. The first-order chi connectivity index (χ1) is 8.20. The molecule has 0 aromatic heterocycles. The van der Waals surface area contributed by atoms with Crippen LogP contribution in [0.15, 0.2) is 0 Å². The molecule has 1 saturated heterocycles. The van der Waals surface area contributed by atoms with Gasteiger partial charge in [0.25, 0.3) is 0 Å². The molecule has 0 radical (unpaired) electrons. The highest BCUT2D eigenvalue weighted by molar-refractivity contribution is 7.90. The molecule has 0 bridgehead atoms. The van der Waals surface area contributed by atoms with Crippen molar-refractivity contribution in [3.05, 3.63) is 0 Å². The van der Waals surface area contributed by atoms with Crippen molar-refractivity contribution in [1.82, 2.24) is 4.90 Å². The third kappa shape index (κ3) is 4.55. The van der Waals surface area contributed by atoms with E-state index in [1.165, 1.54) is 0 Å². The van der Waals surface area contributed by atoms with E-state index in [1.807, 2.05) is 0 Å². The highest BCUT2D eigenvalue weighted by atomic mass is 32.2. The molecule has 1 fully saturated rings. The van der Waals surface area contributed by atoms with Crippen LogP contribution < -0.4 is 5.73 Å². The van der Waals surface area contributed by atoms with Crippen LogP contribution in [-0.4, -0.2) is 61.6 Å². The first kappa shape index (κ1) is 15.4. The molecular formula is C11H22N2O4S. The van der Waals surface area contributed by atoms with E-state index in [1.54, 1.807) is 11.8 Å². The minimum Gasteiger partial charge on any atom is -0.393 e. The third-order valence-corrected chi connectivity index (χ3v) is 4.31. The molecule has 18 heavy (non-hydrogen) atoms. The van der Waals surface area contributed by atoms with Crippen LogP contribution in [0.5, 0.6) is 0 Å². The number of nitrogens with two attached hydrogens (primary N) is 1. The lowest BCUT2D eigenvalue weighted by atomic mass is 10.0. The number of hydrogen-bond acceptors (Lipinski definition) is 5. The normalized spacial score (nSPS) is 24.0. The standard InChI is InChI=1S/C11H22N2O4S/c1-8(14)9-3-5-13(7-9)11(15)10(12)4-6-18(2,16)17/h8-10,14H,3-7,12H2,1-2H3. The number of hydrogen-bond donors (Lipinski definition) is 2. The SMILES string of the molecule is CC(O)C1CCN(C(=O)C(N)CCS(C)(=O)=O)C1. The average Bonchev–Trinajstić information content (AvgIpc) is 2.73. The molecule has 7 heteroatoms. The van der Waals surface area contributed by atoms with Gasteiger partial charge in [-0.3, -0.25) is 4.79 Å². The maximum atomic E-state index is 12.0. The lowest BCUT2D eigenvalue weighted by Crippen LogP contribution is -2.43. The summed E-state index contributed by atoms with van der Waals surface area (Å²) < 4.78 is 22.0. The van der Waals surface area contributed by atoms with Crippen LogP contribution in [-0.2, 0) is 14.6 Å². The Bertz CT molecular complexity index is 394. The number of rotatable bonds is 5. The van der Waals surface area contributed by atoms with E-state index >= 15 is 0 Å². The van der Waals surface area contributed by atoms with E-state index in [0.717, 1.165) is 12.7 Å². The quantitative estimate of drug-likeness (QED) is 0.670. The Kier molecular flexibility index (Phi) is 5.12. The van der Waals surface area contributed by atoms with Gasteiger partial charge >= 0.3 is 0 Å². The Morgan fingerprint density at radius 1 is 1.56 bits per heavy atom. The molecule has 6 nitrogen and oxygen atoms in total. The molecule has 0 aromatic rings. The van der Waals surface area contributed by atoms with E-state index < -0.39 is 22.0 Å². The van der Waals surface area contributed by atoms with Crippen molar-refractivity contribution >= 4 is 15.7 Å². The zero-order valence-electron chi connectivity index (χ0n) is 10.9. The maximum Gasteiger partial charge on any atom is 0.239 e. The van der Waals surface area contributed by atoms with Gasteiger partial charge in [0, 0.05) is 25.3 Å². The number of aliphatic hydroxyl groups excluding tert-OH is 1. The van der Waals surface area contributed by atoms with Crippen LogP contribution in [0.1, 0.15) is 19.8 Å². The Hall–Kier alpha value is -0.660. The summed E-state index contributed by atoms with van der Waals surface area (Å²) in [5.74, 6) is -0.203. The zero-order valence-corrected chi connectivity index (χ0v) is 11.7. The zero-order chi connectivity index (χ0) is 13.9. The summed E-state index contributed by atoms with van der Waals surface area (Å²) >= 11 is 0. The highest BCUT2D eigenvalue weighted by Crippen LogP contribution is 2.20. The van der Waals surface area contributed by atoms with E-state index in [-0.39, 0.29) is 24.0 Å². The molecule has 0 aliphatic carbocycles. The van der Waals surface area contributed by atoms with Gasteiger partial charge in [-0.05, 0) is 19.8 Å². The van der Waals surface area contributed by atoms with E-state index in [0.29, 0.717) is 13.1 Å². The average molecular weight is 278 g/mol.